The SMILES string of the molecule is CCC(C)N1CCCS1(=O)=O. The fraction of sp³-hybridized carbons (Fsp3) is 1.00. The smallest absolute Gasteiger partial charge is 0.212 e. The molecule has 0 saturated carbocycles. The number of hydrogen-bond donors (Lipinski definition) is 0. The quantitative estimate of drug-likeness (QED) is 0.626. The first kappa shape index (κ1) is 9.00. The summed E-state index contributed by atoms with van der Waals surface area (Å²) in [5.41, 5.74) is 0. The Morgan fingerprint density at radius 2 is 2.18 bits per heavy atom. The van der Waals surface area contributed by atoms with Crippen LogP contribution in [-0.2, 0) is 10.0 Å². The van der Waals surface area contributed by atoms with Gasteiger partial charge in [-0.3, -0.25) is 0 Å². The van der Waals surface area contributed by atoms with Crippen molar-refractivity contribution in [2.45, 2.75) is 32.7 Å². The van der Waals surface area contributed by atoms with Crippen molar-refractivity contribution in [3.05, 3.63) is 0 Å². The summed E-state index contributed by atoms with van der Waals surface area (Å²) in [4.78, 5) is 0. The van der Waals surface area contributed by atoms with Crippen LogP contribution in [-0.4, -0.2) is 31.1 Å². The van der Waals surface area contributed by atoms with E-state index in [1.54, 1.807) is 4.31 Å². The van der Waals surface area contributed by atoms with Gasteiger partial charge in [0.25, 0.3) is 0 Å². The molecule has 4 heteroatoms. The van der Waals surface area contributed by atoms with Crippen LogP contribution in [0.2, 0.25) is 0 Å². The van der Waals surface area contributed by atoms with E-state index in [0.717, 1.165) is 19.4 Å². The van der Waals surface area contributed by atoms with Crippen LogP contribution in [0.15, 0.2) is 0 Å². The molecule has 66 valence electrons. The molecule has 1 heterocycles. The highest BCUT2D eigenvalue weighted by Crippen LogP contribution is 2.18. The van der Waals surface area contributed by atoms with Gasteiger partial charge in [0.05, 0.1) is 5.75 Å². The van der Waals surface area contributed by atoms with Gasteiger partial charge >= 0.3 is 0 Å². The first-order chi connectivity index (χ1) is 5.08. The predicted molar refractivity (Wildman–Crippen MR) is 44.9 cm³/mol. The van der Waals surface area contributed by atoms with Gasteiger partial charge in [-0.2, -0.15) is 4.31 Å². The van der Waals surface area contributed by atoms with Crippen LogP contribution in [0, 0.1) is 0 Å². The Kier molecular flexibility index (Phi) is 2.54. The van der Waals surface area contributed by atoms with Crippen LogP contribution in [0.5, 0.6) is 0 Å². The van der Waals surface area contributed by atoms with Gasteiger partial charge in [-0.1, -0.05) is 6.92 Å². The van der Waals surface area contributed by atoms with Gasteiger partial charge in [0.2, 0.25) is 10.0 Å². The van der Waals surface area contributed by atoms with Crippen molar-refractivity contribution >= 4 is 10.0 Å². The molecule has 0 spiro atoms. The minimum atomic E-state index is -2.87. The molecule has 0 radical (unpaired) electrons. The topological polar surface area (TPSA) is 37.4 Å². The minimum Gasteiger partial charge on any atom is -0.212 e. The van der Waals surface area contributed by atoms with Crippen molar-refractivity contribution in [1.29, 1.82) is 0 Å². The van der Waals surface area contributed by atoms with Crippen LogP contribution >= 0.6 is 0 Å². The lowest BCUT2D eigenvalue weighted by Crippen LogP contribution is -2.33. The van der Waals surface area contributed by atoms with E-state index in [-0.39, 0.29) is 6.04 Å². The molecule has 1 rings (SSSR count). The van der Waals surface area contributed by atoms with Crippen LogP contribution in [0.4, 0.5) is 0 Å². The molecule has 1 aliphatic heterocycles. The molecule has 0 aliphatic carbocycles. The Balaban J connectivity index is 2.73. The van der Waals surface area contributed by atoms with Crippen molar-refractivity contribution in [3.8, 4) is 0 Å². The van der Waals surface area contributed by atoms with Crippen molar-refractivity contribution in [1.82, 2.24) is 4.31 Å². The minimum absolute atomic E-state index is 0.183. The van der Waals surface area contributed by atoms with Crippen LogP contribution in [0.25, 0.3) is 0 Å². The molecule has 1 saturated heterocycles. The maximum atomic E-state index is 11.3. The van der Waals surface area contributed by atoms with Crippen molar-refractivity contribution in [2.24, 2.45) is 0 Å². The summed E-state index contributed by atoms with van der Waals surface area (Å²) in [5, 5.41) is 0. The number of nitrogens with zero attached hydrogens (tertiary/aromatic N) is 1. The first-order valence-corrected chi connectivity index (χ1v) is 5.68. The predicted octanol–water partition coefficient (Wildman–Crippen LogP) is 0.820. The largest absolute Gasteiger partial charge is 0.214 e. The summed E-state index contributed by atoms with van der Waals surface area (Å²) < 4.78 is 24.2. The lowest BCUT2D eigenvalue weighted by Gasteiger charge is -2.20. The third kappa shape index (κ3) is 1.73. The van der Waals surface area contributed by atoms with Crippen molar-refractivity contribution < 1.29 is 8.42 Å². The molecule has 1 fully saturated rings. The molecule has 0 aromatic carbocycles. The van der Waals surface area contributed by atoms with E-state index in [2.05, 4.69) is 0 Å². The molecule has 0 N–H and O–H groups in total. The van der Waals surface area contributed by atoms with E-state index in [9.17, 15) is 8.42 Å². The normalized spacial score (nSPS) is 27.1. The fourth-order valence-electron chi connectivity index (χ4n) is 1.36. The second-order valence-electron chi connectivity index (χ2n) is 3.04. The summed E-state index contributed by atoms with van der Waals surface area (Å²) in [6.07, 6.45) is 1.70. The molecule has 0 bridgehead atoms. The highest BCUT2D eigenvalue weighted by molar-refractivity contribution is 7.89. The van der Waals surface area contributed by atoms with E-state index in [1.165, 1.54) is 0 Å². The Hall–Kier alpha value is -0.0900. The molecule has 0 aromatic heterocycles. The van der Waals surface area contributed by atoms with E-state index in [4.69, 9.17) is 0 Å². The van der Waals surface area contributed by atoms with E-state index >= 15 is 0 Å². The van der Waals surface area contributed by atoms with Crippen LogP contribution < -0.4 is 0 Å². The van der Waals surface area contributed by atoms with Gasteiger partial charge in [-0.25, -0.2) is 8.42 Å². The average Bonchev–Trinajstić information content (AvgIpc) is 2.28. The number of hydrogen-bond acceptors (Lipinski definition) is 2. The van der Waals surface area contributed by atoms with Crippen molar-refractivity contribution in [3.63, 3.8) is 0 Å². The fourth-order valence-corrected chi connectivity index (χ4v) is 3.19. The molecule has 3 nitrogen and oxygen atoms in total. The first-order valence-electron chi connectivity index (χ1n) is 4.07. The third-order valence-corrected chi connectivity index (χ3v) is 4.28. The average molecular weight is 177 g/mol. The number of rotatable bonds is 2. The lowest BCUT2D eigenvalue weighted by molar-refractivity contribution is 0.353. The lowest BCUT2D eigenvalue weighted by atomic mass is 10.2. The van der Waals surface area contributed by atoms with Gasteiger partial charge in [-0.05, 0) is 19.8 Å². The second-order valence-corrected chi connectivity index (χ2v) is 5.08. The van der Waals surface area contributed by atoms with Crippen molar-refractivity contribution in [2.75, 3.05) is 12.3 Å². The Morgan fingerprint density at radius 3 is 2.55 bits per heavy atom. The zero-order chi connectivity index (χ0) is 8.48. The molecule has 1 atom stereocenters. The van der Waals surface area contributed by atoms with Gasteiger partial charge in [0.1, 0.15) is 0 Å². The summed E-state index contributed by atoms with van der Waals surface area (Å²) in [6.45, 7) is 4.69. The Labute approximate surface area is 68.4 Å². The third-order valence-electron chi connectivity index (χ3n) is 2.22. The zero-order valence-corrected chi connectivity index (χ0v) is 7.89. The van der Waals surface area contributed by atoms with Gasteiger partial charge < -0.3 is 0 Å². The van der Waals surface area contributed by atoms with Crippen LogP contribution in [0.1, 0.15) is 26.7 Å². The molecule has 0 amide bonds. The van der Waals surface area contributed by atoms with Gasteiger partial charge in [0, 0.05) is 12.6 Å². The van der Waals surface area contributed by atoms with E-state index in [1.807, 2.05) is 13.8 Å². The van der Waals surface area contributed by atoms with E-state index < -0.39 is 10.0 Å². The summed E-state index contributed by atoms with van der Waals surface area (Å²) in [5.74, 6) is 0.345. The van der Waals surface area contributed by atoms with Gasteiger partial charge in [0.15, 0.2) is 0 Å². The Bertz CT molecular complexity index is 223. The Morgan fingerprint density at radius 1 is 1.55 bits per heavy atom. The number of sulfonamides is 1. The van der Waals surface area contributed by atoms with Gasteiger partial charge in [-0.15, -0.1) is 0 Å². The summed E-state index contributed by atoms with van der Waals surface area (Å²) in [7, 11) is -2.87. The summed E-state index contributed by atoms with van der Waals surface area (Å²) >= 11 is 0. The molecule has 1 aliphatic rings. The zero-order valence-electron chi connectivity index (χ0n) is 7.08. The second kappa shape index (κ2) is 3.11. The highest BCUT2D eigenvalue weighted by atomic mass is 32.2. The molecular weight excluding hydrogens is 162 g/mol. The molecule has 0 aromatic rings. The maximum absolute atomic E-state index is 11.3. The molecule has 1 unspecified atom stereocenters. The molecular formula is C7H15NO2S. The summed E-state index contributed by atoms with van der Waals surface area (Å²) in [6, 6.07) is 0.183. The standard InChI is InChI=1S/C7H15NO2S/c1-3-7(2)8-5-4-6-11(8,9)10/h7H,3-6H2,1-2H3. The monoisotopic (exact) mass is 177 g/mol. The molecule has 11 heavy (non-hydrogen) atoms. The highest BCUT2D eigenvalue weighted by Gasteiger charge is 2.30. The van der Waals surface area contributed by atoms with Crippen LogP contribution in [0.3, 0.4) is 0 Å². The van der Waals surface area contributed by atoms with E-state index in [0.29, 0.717) is 5.75 Å². The maximum Gasteiger partial charge on any atom is 0.214 e.